The predicted octanol–water partition coefficient (Wildman–Crippen LogP) is 4.98. The van der Waals surface area contributed by atoms with Gasteiger partial charge in [-0.05, 0) is 105 Å². The number of carbonyl (C=O) groups excluding carboxylic acids is 5. The number of pyridine rings is 1. The minimum Gasteiger partial charge on any atom is -0.371 e. The monoisotopic (exact) mass is 908 g/mol. The number of amides is 5. The predicted molar refractivity (Wildman–Crippen MR) is 240 cm³/mol. The Bertz CT molecular complexity index is 2380. The van der Waals surface area contributed by atoms with Crippen molar-refractivity contribution in [2.75, 3.05) is 98.6 Å². The number of benzene rings is 2. The molecule has 0 radical (unpaired) electrons. The molecule has 6 aliphatic rings. The molecule has 0 bridgehead atoms. The van der Waals surface area contributed by atoms with Crippen LogP contribution in [0.2, 0.25) is 0 Å². The fourth-order valence-corrected chi connectivity index (χ4v) is 10.7. The number of hydrogen-bond donors (Lipinski definition) is 2. The third kappa shape index (κ3) is 9.73. The number of piperazine rings is 1. The van der Waals surface area contributed by atoms with Crippen LogP contribution in [0.3, 0.4) is 0 Å². The van der Waals surface area contributed by atoms with Crippen molar-refractivity contribution < 1.29 is 37.1 Å². The minimum atomic E-state index is -4.62. The van der Waals surface area contributed by atoms with Crippen molar-refractivity contribution in [1.82, 2.24) is 25.0 Å². The maximum Gasteiger partial charge on any atom is 0.417 e. The summed E-state index contributed by atoms with van der Waals surface area (Å²) >= 11 is 0. The lowest BCUT2D eigenvalue weighted by Crippen LogP contribution is -2.54. The van der Waals surface area contributed by atoms with Gasteiger partial charge in [-0.2, -0.15) is 18.4 Å². The molecule has 15 nitrogen and oxygen atoms in total. The molecule has 9 rings (SSSR count). The van der Waals surface area contributed by atoms with Crippen LogP contribution in [-0.2, 0) is 20.6 Å². The first-order chi connectivity index (χ1) is 31.8. The number of rotatable bonds is 10. The number of fused-ring (bicyclic) bond motifs is 1. The third-order valence-electron chi connectivity index (χ3n) is 14.4. The van der Waals surface area contributed by atoms with Crippen molar-refractivity contribution in [2.24, 2.45) is 17.8 Å². The van der Waals surface area contributed by atoms with E-state index in [0.29, 0.717) is 60.4 Å². The van der Waals surface area contributed by atoms with Gasteiger partial charge in [0.25, 0.3) is 11.8 Å². The standard InChI is InChI=1S/C48H55F3N10O5/c49-48(50,51)40-25-36(4-3-34(40)26-52)58-18-13-33(14-19-58)44(63)54-42-9-6-37(27-53-42)59-16-11-31(12-17-59)28-56-20-22-57(23-21-56)29-32-2-1-15-60(30-32)35-5-7-38-39(24-35)47(66)61(46(38)65)41-8-10-43(62)55-45(41)64/h3-7,9,24-25,27,31-33,41H,1-2,8,10-23,28-30H2,(H,53,54,63)(H,55,62,64)/t32-,41?/m0/s1. The summed E-state index contributed by atoms with van der Waals surface area (Å²) in [5.74, 6) is -0.837. The van der Waals surface area contributed by atoms with E-state index in [-0.39, 0.29) is 24.7 Å². The first kappa shape index (κ1) is 45.1. The van der Waals surface area contributed by atoms with Crippen molar-refractivity contribution in [1.29, 1.82) is 5.26 Å². The van der Waals surface area contributed by atoms with Gasteiger partial charge in [0.05, 0.1) is 40.2 Å². The van der Waals surface area contributed by atoms with E-state index in [2.05, 4.69) is 35.2 Å². The second kappa shape index (κ2) is 19.0. The molecule has 5 amide bonds. The number of imide groups is 2. The molecule has 7 heterocycles. The molecular formula is C48H55F3N10O5. The first-order valence-corrected chi connectivity index (χ1v) is 23.2. The van der Waals surface area contributed by atoms with Crippen LogP contribution in [0.5, 0.6) is 0 Å². The Hall–Kier alpha value is -6.06. The molecule has 0 aliphatic carbocycles. The summed E-state index contributed by atoms with van der Waals surface area (Å²) in [7, 11) is 0. The molecule has 2 atom stereocenters. The van der Waals surface area contributed by atoms with Crippen molar-refractivity contribution in [3.8, 4) is 6.07 Å². The van der Waals surface area contributed by atoms with E-state index in [9.17, 15) is 37.1 Å². The Labute approximate surface area is 381 Å². The van der Waals surface area contributed by atoms with Crippen LogP contribution in [0.1, 0.15) is 83.2 Å². The largest absolute Gasteiger partial charge is 0.417 e. The molecule has 5 saturated heterocycles. The number of alkyl halides is 3. The van der Waals surface area contributed by atoms with Crippen LogP contribution in [0.25, 0.3) is 0 Å². The van der Waals surface area contributed by atoms with Crippen LogP contribution in [0.15, 0.2) is 54.7 Å². The summed E-state index contributed by atoms with van der Waals surface area (Å²) in [5, 5.41) is 14.3. The second-order valence-electron chi connectivity index (χ2n) is 18.7. The summed E-state index contributed by atoms with van der Waals surface area (Å²) in [6, 6.07) is 13.6. The zero-order valence-electron chi connectivity index (χ0n) is 36.9. The van der Waals surface area contributed by atoms with Gasteiger partial charge in [-0.25, -0.2) is 4.98 Å². The maximum atomic E-state index is 13.5. The van der Waals surface area contributed by atoms with Crippen molar-refractivity contribution in [3.63, 3.8) is 0 Å². The maximum absolute atomic E-state index is 13.5. The van der Waals surface area contributed by atoms with Crippen LogP contribution in [0.4, 0.5) is 36.1 Å². The van der Waals surface area contributed by atoms with Crippen LogP contribution in [-0.4, -0.2) is 134 Å². The zero-order valence-corrected chi connectivity index (χ0v) is 36.9. The molecule has 18 heteroatoms. The normalized spacial score (nSPS) is 22.9. The number of carbonyl (C=O) groups is 5. The van der Waals surface area contributed by atoms with Gasteiger partial charge in [-0.1, -0.05) is 0 Å². The van der Waals surface area contributed by atoms with Gasteiger partial charge in [0.1, 0.15) is 11.9 Å². The number of nitrogens with one attached hydrogen (secondary N) is 2. The van der Waals surface area contributed by atoms with Gasteiger partial charge >= 0.3 is 6.18 Å². The Kier molecular flexibility index (Phi) is 13.0. The van der Waals surface area contributed by atoms with Crippen LogP contribution >= 0.6 is 0 Å². The van der Waals surface area contributed by atoms with E-state index in [1.807, 2.05) is 23.1 Å². The second-order valence-corrected chi connectivity index (χ2v) is 18.7. The summed E-state index contributed by atoms with van der Waals surface area (Å²) in [4.78, 5) is 81.2. The van der Waals surface area contributed by atoms with Gasteiger partial charge in [-0.15, -0.1) is 0 Å². The van der Waals surface area contributed by atoms with E-state index >= 15 is 0 Å². The number of piperidine rings is 4. The van der Waals surface area contributed by atoms with E-state index in [4.69, 9.17) is 5.26 Å². The number of halogens is 3. The van der Waals surface area contributed by atoms with E-state index < -0.39 is 47.0 Å². The highest BCUT2D eigenvalue weighted by Crippen LogP contribution is 2.36. The average Bonchev–Trinajstić information content (AvgIpc) is 3.57. The molecular weight excluding hydrogens is 854 g/mol. The van der Waals surface area contributed by atoms with E-state index in [0.717, 1.165) is 113 Å². The minimum absolute atomic E-state index is 0.0880. The summed E-state index contributed by atoms with van der Waals surface area (Å²) < 4.78 is 40.5. The summed E-state index contributed by atoms with van der Waals surface area (Å²) in [5.41, 5.74) is 1.58. The van der Waals surface area contributed by atoms with Crippen molar-refractivity contribution in [3.05, 3.63) is 77.0 Å². The number of hydrogen-bond acceptors (Lipinski definition) is 12. The van der Waals surface area contributed by atoms with Gasteiger partial charge in [0, 0.05) is 102 Å². The SMILES string of the molecule is N#Cc1ccc(N2CCC(C(=O)Nc3ccc(N4CCC(CN5CCN(C[C@@H]6CCCN(c7ccc8c(c7)C(=O)N(C7CCC(=O)NC7=O)C8=O)C6)CC5)CC4)cn3)CC2)cc1C(F)(F)F. The molecule has 0 spiro atoms. The Balaban J connectivity index is 0.679. The smallest absolute Gasteiger partial charge is 0.371 e. The van der Waals surface area contributed by atoms with Gasteiger partial charge in [0.15, 0.2) is 0 Å². The molecule has 2 N–H and O–H groups in total. The lowest BCUT2D eigenvalue weighted by molar-refractivity contribution is -0.138. The highest BCUT2D eigenvalue weighted by Gasteiger charge is 2.45. The number of nitriles is 1. The van der Waals surface area contributed by atoms with Crippen LogP contribution in [0, 0.1) is 29.1 Å². The van der Waals surface area contributed by atoms with Crippen molar-refractivity contribution >= 4 is 52.4 Å². The highest BCUT2D eigenvalue weighted by atomic mass is 19.4. The molecule has 1 aromatic heterocycles. The van der Waals surface area contributed by atoms with Crippen molar-refractivity contribution in [2.45, 2.75) is 63.6 Å². The third-order valence-corrected chi connectivity index (χ3v) is 14.4. The molecule has 2 aromatic carbocycles. The molecule has 348 valence electrons. The number of anilines is 4. The molecule has 0 saturated carbocycles. The molecule has 66 heavy (non-hydrogen) atoms. The summed E-state index contributed by atoms with van der Waals surface area (Å²) in [6.45, 7) is 10.7. The molecule has 1 unspecified atom stereocenters. The first-order valence-electron chi connectivity index (χ1n) is 23.2. The Morgan fingerprint density at radius 3 is 2.03 bits per heavy atom. The topological polar surface area (TPSA) is 166 Å². The fourth-order valence-electron chi connectivity index (χ4n) is 10.7. The lowest BCUT2D eigenvalue weighted by Gasteiger charge is -2.41. The lowest BCUT2D eigenvalue weighted by atomic mass is 9.95. The average molecular weight is 909 g/mol. The highest BCUT2D eigenvalue weighted by molar-refractivity contribution is 6.23. The molecule has 5 fully saturated rings. The fraction of sp³-hybridized carbons (Fsp3) is 0.521. The van der Waals surface area contributed by atoms with Gasteiger partial charge in [-0.3, -0.25) is 34.2 Å². The number of nitrogens with zero attached hydrogens (tertiary/aromatic N) is 8. The van der Waals surface area contributed by atoms with Gasteiger partial charge in [0.2, 0.25) is 17.7 Å². The quantitative estimate of drug-likeness (QED) is 0.263. The van der Waals surface area contributed by atoms with E-state index in [1.54, 1.807) is 24.4 Å². The number of aromatic nitrogens is 1. The zero-order chi connectivity index (χ0) is 46.1. The van der Waals surface area contributed by atoms with Gasteiger partial charge < -0.3 is 29.8 Å². The Morgan fingerprint density at radius 2 is 1.36 bits per heavy atom. The van der Waals surface area contributed by atoms with E-state index in [1.165, 1.54) is 12.1 Å². The molecule has 3 aromatic rings. The Morgan fingerprint density at radius 1 is 0.727 bits per heavy atom. The van der Waals surface area contributed by atoms with Crippen LogP contribution < -0.4 is 25.3 Å². The summed E-state index contributed by atoms with van der Waals surface area (Å²) in [6.07, 6.45) is 2.74. The molecule has 6 aliphatic heterocycles.